The van der Waals surface area contributed by atoms with E-state index in [9.17, 15) is 119 Å². The summed E-state index contributed by atoms with van der Waals surface area (Å²) < 4.78 is 102. The lowest BCUT2D eigenvalue weighted by molar-refractivity contribution is -0.382. The molecule has 6 rings (SSSR count). The van der Waals surface area contributed by atoms with Gasteiger partial charge in [0.05, 0.1) is 51.3 Å². The van der Waals surface area contributed by atoms with Gasteiger partial charge in [-0.05, 0) is 6.92 Å². The van der Waals surface area contributed by atoms with E-state index < -0.39 is 269 Å². The second-order valence-corrected chi connectivity index (χ2v) is 22.8. The first-order chi connectivity index (χ1) is 41.1. The summed E-state index contributed by atoms with van der Waals surface area (Å²) in [5, 5.41) is 184. The van der Waals surface area contributed by atoms with Crippen LogP contribution in [0.25, 0.3) is 0 Å². The molecule has 41 heteroatoms. The van der Waals surface area contributed by atoms with Gasteiger partial charge in [-0.25, -0.2) is 8.98 Å². The Hall–Kier alpha value is -3.82. The quantitative estimate of drug-likeness (QED) is 0.0399. The smallest absolute Gasteiger partial charge is 0.397 e. The average Bonchev–Trinajstić information content (AvgIpc) is 1.55. The van der Waals surface area contributed by atoms with Crippen LogP contribution in [0.5, 0.6) is 0 Å². The van der Waals surface area contributed by atoms with E-state index in [2.05, 4.69) is 25.5 Å². The predicted molar refractivity (Wildman–Crippen MR) is 272 cm³/mol. The Balaban J connectivity index is 1.35. The number of carbonyl (C=O) groups excluding carboxylic acids is 4. The molecule has 40 nitrogen and oxygen atoms in total. The van der Waals surface area contributed by atoms with E-state index in [0.29, 0.717) is 0 Å². The highest BCUT2D eigenvalue weighted by atomic mass is 32.3. The molecule has 6 heterocycles. The highest BCUT2D eigenvalue weighted by molar-refractivity contribution is 7.80. The van der Waals surface area contributed by atoms with Gasteiger partial charge in [0.25, 0.3) is 5.79 Å². The molecule has 88 heavy (non-hydrogen) atoms. The summed E-state index contributed by atoms with van der Waals surface area (Å²) in [5.74, 6) is -9.12. The summed E-state index contributed by atoms with van der Waals surface area (Å²) in [6, 6.07) is -7.20. The van der Waals surface area contributed by atoms with Crippen molar-refractivity contribution in [2.75, 3.05) is 33.0 Å². The van der Waals surface area contributed by atoms with Crippen molar-refractivity contribution < 1.29 is 175 Å². The van der Waals surface area contributed by atoms with E-state index in [-0.39, 0.29) is 0 Å². The Morgan fingerprint density at radius 1 is 0.545 bits per heavy atom. The van der Waals surface area contributed by atoms with Crippen molar-refractivity contribution >= 4 is 40.0 Å². The monoisotopic (exact) mass is 1310 g/mol. The van der Waals surface area contributed by atoms with Crippen LogP contribution < -0.4 is 21.3 Å². The molecule has 21 N–H and O–H groups in total. The number of amides is 4. The Morgan fingerprint density at radius 2 is 1.06 bits per heavy atom. The number of hydrogen-bond acceptors (Lipinski definition) is 34. The minimum Gasteiger partial charge on any atom is -0.477 e. The van der Waals surface area contributed by atoms with E-state index >= 15 is 0 Å². The van der Waals surface area contributed by atoms with Crippen molar-refractivity contribution in [2.45, 2.75) is 231 Å². The van der Waals surface area contributed by atoms with Crippen LogP contribution in [0.3, 0.4) is 0 Å². The molecule has 0 spiro atoms. The largest absolute Gasteiger partial charge is 0.477 e. The fraction of sp³-hybridized carbons (Fsp3) is 0.894. The fourth-order valence-electron chi connectivity index (χ4n) is 10.8. The Morgan fingerprint density at radius 3 is 1.62 bits per heavy atom. The number of carboxylic acids is 1. The normalized spacial score (nSPS) is 44.0. The van der Waals surface area contributed by atoms with Crippen molar-refractivity contribution in [2.24, 2.45) is 0 Å². The van der Waals surface area contributed by atoms with Gasteiger partial charge in [0.1, 0.15) is 134 Å². The molecule has 508 valence electrons. The van der Waals surface area contributed by atoms with E-state index in [1.807, 2.05) is 0 Å². The molecule has 0 unspecified atom stereocenters. The first-order valence-corrected chi connectivity index (χ1v) is 28.6. The maximum Gasteiger partial charge on any atom is 0.397 e. The maximum absolute atomic E-state index is 13.2. The first-order valence-electron chi connectivity index (χ1n) is 27.2. The standard InChI is InChI=1S/C47H78N4O36S/c1-12-27(61)33(67)34(68)44(78-12)85-39-26(51-16(5)58)42(81-20(9-54)36(39)83-43-24(49-14(3)56)32(66)29(63)19(8-53)80-43)76-10-21-30(64)37(25(41(70)79-21)50-15(4)57)84-45-35(69)40(31(65)22(82-45)11-77-88(73,74)75)87-47(46(71)72)6-17(59)23(48-13(2)55)38(86-47)28(62)18(60)7-52/h12,17-45,52-54,59-70H,6-11H2,1-5H3,(H,48,55)(H,49,56)(H,50,57)(H,51,58)(H,71,72)(H,73,74,75)/t12-,17-,18+,19+,20+,21+,22+,23-,24+,25+,26+,27+,28+,29-,30-,31-,32+,33+,34-,35+,36+,37+,38+,39+,40-,41-,42+,43-,44-,45-,47-/m0/s1. The van der Waals surface area contributed by atoms with Crippen molar-refractivity contribution in [3.05, 3.63) is 0 Å². The highest BCUT2D eigenvalue weighted by Crippen LogP contribution is 2.40. The molecule has 0 aromatic carbocycles. The molecule has 0 bridgehead atoms. The number of rotatable bonds is 24. The molecule has 6 aliphatic heterocycles. The van der Waals surface area contributed by atoms with Gasteiger partial charge < -0.3 is 155 Å². The lowest BCUT2D eigenvalue weighted by Gasteiger charge is -2.51. The topological polar surface area (TPSA) is 622 Å². The molecule has 6 saturated heterocycles. The van der Waals surface area contributed by atoms with Crippen molar-refractivity contribution in [1.82, 2.24) is 21.3 Å². The van der Waals surface area contributed by atoms with Crippen LogP contribution in [-0.4, -0.2) is 347 Å². The third-order valence-corrected chi connectivity index (χ3v) is 15.6. The molecule has 4 amide bonds. The zero-order chi connectivity index (χ0) is 65.8. The second kappa shape index (κ2) is 30.7. The molecule has 0 aromatic rings. The third kappa shape index (κ3) is 17.1. The zero-order valence-corrected chi connectivity index (χ0v) is 48.1. The molecule has 31 atom stereocenters. The first kappa shape index (κ1) is 73.2. The molecule has 0 aliphatic carbocycles. The van der Waals surface area contributed by atoms with Crippen LogP contribution in [0, 0.1) is 0 Å². The number of aliphatic carboxylic acids is 1. The van der Waals surface area contributed by atoms with E-state index in [4.69, 9.17) is 52.1 Å². The number of carbonyl (C=O) groups is 5. The molecular weight excluding hydrogens is 1230 g/mol. The molecule has 6 fully saturated rings. The van der Waals surface area contributed by atoms with E-state index in [0.717, 1.165) is 27.7 Å². The lowest BCUT2D eigenvalue weighted by atomic mass is 9.88. The van der Waals surface area contributed by atoms with Crippen molar-refractivity contribution in [3.63, 3.8) is 0 Å². The summed E-state index contributed by atoms with van der Waals surface area (Å²) in [6.07, 6.45) is -55.0. The SMILES string of the molecule is CC(=O)N[C@@H]1[C@H]([C@H](O)[C@H](O)CO)O[C@@](O[C@H]2[C@@H](O)[C@@H](COS(=O)(=O)O)O[C@@H](O[C@H]3[C@@H](O)[C@@H](CO[C@@H]4O[C@H](CO)[C@@H](O[C@@H]5O[C@H](CO)[C@H](O)[C@H](O)[C@H]5NC(C)=O)[C@H](O[C@@H]5O[C@@H](C)[C@@H](O)[C@@H](O)[C@@H]5O)[C@H]4NC(C)=O)O[C@H](O)[C@@H]3NC(C)=O)[C@@H]2O)(C(=O)O)C[C@@H]1O. The summed E-state index contributed by atoms with van der Waals surface area (Å²) in [5.41, 5.74) is 0. The minimum atomic E-state index is -5.44. The fourth-order valence-corrected chi connectivity index (χ4v) is 11.1. The summed E-state index contributed by atoms with van der Waals surface area (Å²) in [4.78, 5) is 63.5. The molecular formula is C47H78N4O36S. The van der Waals surface area contributed by atoms with Crippen LogP contribution in [0.15, 0.2) is 0 Å². The predicted octanol–water partition coefficient (Wildman–Crippen LogP) is -13.5. The van der Waals surface area contributed by atoms with Crippen molar-refractivity contribution in [1.29, 1.82) is 0 Å². The molecule has 0 aromatic heterocycles. The van der Waals surface area contributed by atoms with Gasteiger partial charge in [-0.2, -0.15) is 8.42 Å². The van der Waals surface area contributed by atoms with Gasteiger partial charge in [-0.1, -0.05) is 0 Å². The number of aliphatic hydroxyl groups is 15. The van der Waals surface area contributed by atoms with Crippen LogP contribution in [0.1, 0.15) is 41.0 Å². The Kier molecular flexibility index (Phi) is 25.6. The van der Waals surface area contributed by atoms with Crippen LogP contribution >= 0.6 is 0 Å². The molecule has 6 aliphatic rings. The Labute approximate surface area is 498 Å². The zero-order valence-electron chi connectivity index (χ0n) is 47.3. The number of aliphatic hydroxyl groups excluding tert-OH is 15. The van der Waals surface area contributed by atoms with E-state index in [1.165, 1.54) is 6.92 Å². The number of ether oxygens (including phenoxy) is 11. The Bertz CT molecular complexity index is 2460. The van der Waals surface area contributed by atoms with Crippen LogP contribution in [0.4, 0.5) is 0 Å². The minimum absolute atomic E-state index is 0.802. The van der Waals surface area contributed by atoms with Crippen molar-refractivity contribution in [3.8, 4) is 0 Å². The second-order valence-electron chi connectivity index (χ2n) is 21.7. The molecule has 0 saturated carbocycles. The van der Waals surface area contributed by atoms with Crippen LogP contribution in [-0.2, 0) is 90.7 Å². The number of hydrogen-bond donors (Lipinski definition) is 21. The number of nitrogens with one attached hydrogen (secondary N) is 4. The van der Waals surface area contributed by atoms with Gasteiger partial charge in [0.15, 0.2) is 31.5 Å². The van der Waals surface area contributed by atoms with Crippen LogP contribution in [0.2, 0.25) is 0 Å². The average molecular weight is 1310 g/mol. The van der Waals surface area contributed by atoms with E-state index in [1.54, 1.807) is 0 Å². The summed E-state index contributed by atoms with van der Waals surface area (Å²) in [6.45, 7) is -0.586. The van der Waals surface area contributed by atoms with Gasteiger partial charge >= 0.3 is 16.4 Å². The summed E-state index contributed by atoms with van der Waals surface area (Å²) in [7, 11) is -5.44. The van der Waals surface area contributed by atoms with Gasteiger partial charge in [-0.3, -0.25) is 23.7 Å². The van der Waals surface area contributed by atoms with Gasteiger partial charge in [0.2, 0.25) is 23.6 Å². The van der Waals surface area contributed by atoms with Gasteiger partial charge in [-0.15, -0.1) is 0 Å². The highest BCUT2D eigenvalue weighted by Gasteiger charge is 2.62. The summed E-state index contributed by atoms with van der Waals surface area (Å²) >= 11 is 0. The lowest BCUT2D eigenvalue weighted by Crippen LogP contribution is -2.71. The van der Waals surface area contributed by atoms with Gasteiger partial charge in [0, 0.05) is 34.1 Å². The molecule has 0 radical (unpaired) electrons. The number of carboxylic acid groups (broad SMARTS) is 1. The maximum atomic E-state index is 13.2. The third-order valence-electron chi connectivity index (χ3n) is 15.2.